The lowest BCUT2D eigenvalue weighted by Gasteiger charge is -2.15. The van der Waals surface area contributed by atoms with Crippen LogP contribution in [0.15, 0.2) is 35.2 Å². The lowest BCUT2D eigenvalue weighted by atomic mass is 10.1. The molecular formula is C20H18ClNO4S2. The zero-order chi connectivity index (χ0) is 20.4. The van der Waals surface area contributed by atoms with Gasteiger partial charge in [0.1, 0.15) is 5.75 Å². The molecule has 0 spiro atoms. The number of ether oxygens (including phenoxy) is 3. The number of hydrogen-bond donors (Lipinski definition) is 0. The first-order chi connectivity index (χ1) is 13.4. The van der Waals surface area contributed by atoms with E-state index in [4.69, 9.17) is 38.0 Å². The van der Waals surface area contributed by atoms with E-state index >= 15 is 0 Å². The van der Waals surface area contributed by atoms with Crippen LogP contribution in [0, 0.1) is 6.92 Å². The Labute approximate surface area is 178 Å². The highest BCUT2D eigenvalue weighted by Gasteiger charge is 2.33. The zero-order valence-corrected chi connectivity index (χ0v) is 18.1. The minimum absolute atomic E-state index is 0.216. The number of anilines is 1. The van der Waals surface area contributed by atoms with Crippen LogP contribution in [0.2, 0.25) is 5.02 Å². The van der Waals surface area contributed by atoms with Crippen molar-refractivity contribution >= 4 is 57.6 Å². The van der Waals surface area contributed by atoms with Crippen LogP contribution in [-0.2, 0) is 4.79 Å². The van der Waals surface area contributed by atoms with Crippen molar-refractivity contribution in [3.8, 4) is 17.2 Å². The molecule has 0 bridgehead atoms. The van der Waals surface area contributed by atoms with Gasteiger partial charge in [-0.05, 0) is 36.8 Å². The number of aryl methyl sites for hydroxylation is 1. The molecular weight excluding hydrogens is 418 g/mol. The first-order valence-corrected chi connectivity index (χ1v) is 9.84. The molecule has 0 radical (unpaired) electrons. The maximum absolute atomic E-state index is 13.0. The van der Waals surface area contributed by atoms with Crippen molar-refractivity contribution in [2.24, 2.45) is 0 Å². The van der Waals surface area contributed by atoms with E-state index in [0.29, 0.717) is 42.7 Å². The number of methoxy groups -OCH3 is 3. The number of rotatable bonds is 5. The van der Waals surface area contributed by atoms with Crippen molar-refractivity contribution in [3.05, 3.63) is 51.4 Å². The van der Waals surface area contributed by atoms with Crippen LogP contribution in [0.1, 0.15) is 11.1 Å². The highest BCUT2D eigenvalue weighted by atomic mass is 35.5. The van der Waals surface area contributed by atoms with E-state index in [1.807, 2.05) is 19.1 Å². The second-order valence-electron chi connectivity index (χ2n) is 5.90. The normalized spacial score (nSPS) is 15.3. The molecule has 5 nitrogen and oxygen atoms in total. The lowest BCUT2D eigenvalue weighted by Crippen LogP contribution is -2.27. The number of thiocarbonyl (C=S) groups is 1. The van der Waals surface area contributed by atoms with Gasteiger partial charge in [0.15, 0.2) is 15.8 Å². The predicted octanol–water partition coefficient (Wildman–Crippen LogP) is 5.08. The van der Waals surface area contributed by atoms with Crippen molar-refractivity contribution in [2.75, 3.05) is 26.2 Å². The van der Waals surface area contributed by atoms with Crippen LogP contribution in [0.5, 0.6) is 17.2 Å². The van der Waals surface area contributed by atoms with Gasteiger partial charge in [0.25, 0.3) is 5.91 Å². The van der Waals surface area contributed by atoms with E-state index in [9.17, 15) is 4.79 Å². The number of carbonyl (C=O) groups is 1. The van der Waals surface area contributed by atoms with Crippen LogP contribution >= 0.6 is 35.6 Å². The van der Waals surface area contributed by atoms with Crippen molar-refractivity contribution in [3.63, 3.8) is 0 Å². The smallest absolute Gasteiger partial charge is 0.270 e. The summed E-state index contributed by atoms with van der Waals surface area (Å²) >= 11 is 12.9. The molecule has 3 rings (SSSR count). The number of hydrogen-bond acceptors (Lipinski definition) is 6. The summed E-state index contributed by atoms with van der Waals surface area (Å²) in [6, 6.07) is 8.89. The average Bonchev–Trinajstić information content (AvgIpc) is 2.96. The molecule has 1 saturated heterocycles. The summed E-state index contributed by atoms with van der Waals surface area (Å²) in [6.45, 7) is 1.90. The molecule has 2 aromatic rings. The van der Waals surface area contributed by atoms with E-state index in [1.54, 1.807) is 45.6 Å². The number of amides is 1. The topological polar surface area (TPSA) is 48.0 Å². The molecule has 1 aliphatic heterocycles. The zero-order valence-electron chi connectivity index (χ0n) is 15.7. The van der Waals surface area contributed by atoms with E-state index in [2.05, 4.69) is 0 Å². The standard InChI is InChI=1S/C20H18ClNO4S2/c1-11-5-6-13(9-14(11)21)22-19(23)18(28-20(22)27)8-12-7-16(25-3)17(26-4)10-15(12)24-2/h5-10H,1-4H3. The number of carbonyl (C=O) groups excluding carboxylic acids is 1. The average molecular weight is 436 g/mol. The van der Waals surface area contributed by atoms with Gasteiger partial charge in [-0.3, -0.25) is 9.69 Å². The van der Waals surface area contributed by atoms with Gasteiger partial charge in [0.2, 0.25) is 0 Å². The lowest BCUT2D eigenvalue weighted by molar-refractivity contribution is -0.113. The summed E-state index contributed by atoms with van der Waals surface area (Å²) in [5.74, 6) is 1.42. The molecule has 0 N–H and O–H groups in total. The van der Waals surface area contributed by atoms with Gasteiger partial charge in [0, 0.05) is 16.7 Å². The summed E-state index contributed by atoms with van der Waals surface area (Å²) in [4.78, 5) is 15.0. The van der Waals surface area contributed by atoms with Crippen molar-refractivity contribution in [1.29, 1.82) is 0 Å². The Morgan fingerprint density at radius 2 is 1.68 bits per heavy atom. The van der Waals surface area contributed by atoms with Gasteiger partial charge in [-0.2, -0.15) is 0 Å². The Morgan fingerprint density at radius 1 is 1.04 bits per heavy atom. The highest BCUT2D eigenvalue weighted by molar-refractivity contribution is 8.27. The van der Waals surface area contributed by atoms with Gasteiger partial charge in [-0.1, -0.05) is 41.6 Å². The number of nitrogens with zero attached hydrogens (tertiary/aromatic N) is 1. The van der Waals surface area contributed by atoms with E-state index in [1.165, 1.54) is 16.7 Å². The largest absolute Gasteiger partial charge is 0.496 e. The summed E-state index contributed by atoms with van der Waals surface area (Å²) in [7, 11) is 4.65. The van der Waals surface area contributed by atoms with Crippen molar-refractivity contribution in [1.82, 2.24) is 0 Å². The Balaban J connectivity index is 2.01. The minimum atomic E-state index is -0.216. The van der Waals surface area contributed by atoms with E-state index < -0.39 is 0 Å². The number of thioether (sulfide) groups is 1. The third-order valence-electron chi connectivity index (χ3n) is 4.23. The molecule has 2 aromatic carbocycles. The summed E-state index contributed by atoms with van der Waals surface area (Å²) in [5, 5.41) is 0.581. The maximum atomic E-state index is 13.0. The Bertz CT molecular complexity index is 990. The van der Waals surface area contributed by atoms with Gasteiger partial charge in [-0.15, -0.1) is 0 Å². The number of halogens is 1. The van der Waals surface area contributed by atoms with Crippen LogP contribution in [-0.4, -0.2) is 31.6 Å². The Morgan fingerprint density at radius 3 is 2.29 bits per heavy atom. The van der Waals surface area contributed by atoms with Gasteiger partial charge in [-0.25, -0.2) is 0 Å². The van der Waals surface area contributed by atoms with Gasteiger partial charge >= 0.3 is 0 Å². The predicted molar refractivity (Wildman–Crippen MR) is 118 cm³/mol. The minimum Gasteiger partial charge on any atom is -0.496 e. The molecule has 146 valence electrons. The molecule has 1 aliphatic rings. The van der Waals surface area contributed by atoms with Crippen LogP contribution in [0.25, 0.3) is 6.08 Å². The summed E-state index contributed by atoms with van der Waals surface area (Å²) in [5.41, 5.74) is 2.25. The third-order valence-corrected chi connectivity index (χ3v) is 5.94. The quantitative estimate of drug-likeness (QED) is 0.482. The van der Waals surface area contributed by atoms with E-state index in [0.717, 1.165) is 5.56 Å². The number of benzene rings is 2. The fourth-order valence-electron chi connectivity index (χ4n) is 2.72. The fraction of sp³-hybridized carbons (Fsp3) is 0.200. The molecule has 1 amide bonds. The molecule has 0 aliphatic carbocycles. The summed E-state index contributed by atoms with van der Waals surface area (Å²) in [6.07, 6.45) is 1.73. The van der Waals surface area contributed by atoms with E-state index in [-0.39, 0.29) is 5.91 Å². The molecule has 1 fully saturated rings. The molecule has 28 heavy (non-hydrogen) atoms. The van der Waals surface area contributed by atoms with Crippen LogP contribution in [0.4, 0.5) is 5.69 Å². The maximum Gasteiger partial charge on any atom is 0.270 e. The Kier molecular flexibility index (Phi) is 6.17. The Hall–Kier alpha value is -2.22. The van der Waals surface area contributed by atoms with Gasteiger partial charge in [0.05, 0.1) is 31.9 Å². The second-order valence-corrected chi connectivity index (χ2v) is 7.98. The molecule has 0 atom stereocenters. The monoisotopic (exact) mass is 435 g/mol. The fourth-order valence-corrected chi connectivity index (χ4v) is 4.18. The molecule has 0 saturated carbocycles. The van der Waals surface area contributed by atoms with Crippen molar-refractivity contribution in [2.45, 2.75) is 6.92 Å². The third kappa shape index (κ3) is 3.83. The van der Waals surface area contributed by atoms with Crippen molar-refractivity contribution < 1.29 is 19.0 Å². The first-order valence-electron chi connectivity index (χ1n) is 8.23. The molecule has 0 aromatic heterocycles. The van der Waals surface area contributed by atoms with Crippen LogP contribution < -0.4 is 19.1 Å². The molecule has 0 unspecified atom stereocenters. The molecule has 1 heterocycles. The SMILES string of the molecule is COc1cc(OC)c(OC)cc1C=C1SC(=S)N(c2ccc(C)c(Cl)c2)C1=O. The van der Waals surface area contributed by atoms with Gasteiger partial charge < -0.3 is 14.2 Å². The first kappa shape index (κ1) is 20.5. The van der Waals surface area contributed by atoms with Crippen LogP contribution in [0.3, 0.4) is 0 Å². The summed E-state index contributed by atoms with van der Waals surface area (Å²) < 4.78 is 16.5. The second kappa shape index (κ2) is 8.43. The molecule has 8 heteroatoms. The highest BCUT2D eigenvalue weighted by Crippen LogP contribution is 2.40.